The Morgan fingerprint density at radius 3 is 2.65 bits per heavy atom. The summed E-state index contributed by atoms with van der Waals surface area (Å²) in [5.74, 6) is -2.74. The minimum absolute atomic E-state index is 0.00553. The number of carbonyl (C=O) groups is 1. The van der Waals surface area contributed by atoms with E-state index in [4.69, 9.17) is 9.94 Å². The molecule has 0 aliphatic carbocycles. The average Bonchev–Trinajstić information content (AvgIpc) is 2.56. The summed E-state index contributed by atoms with van der Waals surface area (Å²) >= 11 is 1.93. The predicted molar refractivity (Wildman–Crippen MR) is 99.1 cm³/mol. The molecule has 2 rings (SSSR count). The fourth-order valence-electron chi connectivity index (χ4n) is 2.02. The lowest BCUT2D eigenvalue weighted by molar-refractivity contribution is -0.00687. The number of carbonyl (C=O) groups excluding carboxylic acids is 1. The first-order valence-electron chi connectivity index (χ1n) is 7.42. The predicted octanol–water partition coefficient (Wildman–Crippen LogP) is 2.05. The third kappa shape index (κ3) is 4.77. The number of aromatic nitrogens is 1. The molecular formula is C16H16F2IN3O4. The largest absolute Gasteiger partial charge is 0.391 e. The number of nitrogens with zero attached hydrogens (tertiary/aromatic N) is 1. The van der Waals surface area contributed by atoms with E-state index >= 15 is 0 Å². The van der Waals surface area contributed by atoms with Gasteiger partial charge >= 0.3 is 0 Å². The second-order valence-electron chi connectivity index (χ2n) is 5.46. The number of amides is 1. The van der Waals surface area contributed by atoms with Gasteiger partial charge < -0.3 is 10.4 Å². The van der Waals surface area contributed by atoms with Gasteiger partial charge in [0.25, 0.3) is 11.5 Å². The monoisotopic (exact) mass is 479 g/mol. The van der Waals surface area contributed by atoms with Gasteiger partial charge in [-0.25, -0.2) is 14.3 Å². The van der Waals surface area contributed by atoms with E-state index in [1.54, 1.807) is 6.07 Å². The number of hydroxylamine groups is 1. The Bertz CT molecular complexity index is 887. The van der Waals surface area contributed by atoms with Gasteiger partial charge in [0.15, 0.2) is 5.82 Å². The van der Waals surface area contributed by atoms with E-state index in [9.17, 15) is 18.4 Å². The topological polar surface area (TPSA) is 92.6 Å². The van der Waals surface area contributed by atoms with Crippen molar-refractivity contribution in [2.24, 2.45) is 7.05 Å². The van der Waals surface area contributed by atoms with Gasteiger partial charge in [0.1, 0.15) is 18.2 Å². The maximum absolute atomic E-state index is 14.1. The van der Waals surface area contributed by atoms with Crippen LogP contribution in [-0.2, 0) is 11.9 Å². The molecule has 10 heteroatoms. The number of halogens is 3. The van der Waals surface area contributed by atoms with Gasteiger partial charge in [0.05, 0.1) is 17.4 Å². The second-order valence-corrected chi connectivity index (χ2v) is 6.70. The number of benzene rings is 1. The number of rotatable bonds is 6. The van der Waals surface area contributed by atoms with E-state index in [1.165, 1.54) is 26.1 Å². The summed E-state index contributed by atoms with van der Waals surface area (Å²) in [6.45, 7) is 1.26. The van der Waals surface area contributed by atoms with Gasteiger partial charge in [-0.05, 0) is 53.8 Å². The zero-order valence-electron chi connectivity index (χ0n) is 13.8. The lowest BCUT2D eigenvalue weighted by atomic mass is 10.2. The van der Waals surface area contributed by atoms with Crippen molar-refractivity contribution in [3.05, 3.63) is 55.4 Å². The van der Waals surface area contributed by atoms with E-state index in [0.29, 0.717) is 3.57 Å². The highest BCUT2D eigenvalue weighted by Gasteiger charge is 2.20. The number of nitrogens with one attached hydrogen (secondary N) is 2. The fourth-order valence-corrected chi connectivity index (χ4v) is 2.48. The van der Waals surface area contributed by atoms with Crippen LogP contribution in [0.25, 0.3) is 0 Å². The number of hydrogen-bond donors (Lipinski definition) is 3. The van der Waals surface area contributed by atoms with Crippen molar-refractivity contribution in [2.45, 2.75) is 13.0 Å². The van der Waals surface area contributed by atoms with Crippen LogP contribution in [0.5, 0.6) is 0 Å². The summed E-state index contributed by atoms with van der Waals surface area (Å²) < 4.78 is 29.4. The Hall–Kier alpha value is -2.05. The van der Waals surface area contributed by atoms with Crippen molar-refractivity contribution >= 4 is 40.0 Å². The van der Waals surface area contributed by atoms with Crippen LogP contribution >= 0.6 is 22.6 Å². The van der Waals surface area contributed by atoms with Crippen LogP contribution in [0.3, 0.4) is 0 Å². The van der Waals surface area contributed by atoms with E-state index in [2.05, 4.69) is 5.32 Å². The number of anilines is 2. The molecule has 2 aromatic rings. The van der Waals surface area contributed by atoms with Crippen LogP contribution in [0.15, 0.2) is 29.1 Å². The van der Waals surface area contributed by atoms with Crippen LogP contribution in [0.4, 0.5) is 20.3 Å². The lowest BCUT2D eigenvalue weighted by Gasteiger charge is -2.16. The standard InChI is InChI=1S/C16H16F2IN3O4/c1-8(23)7-26-21-15(24)10-6-12(18)16(25)22(2)14(10)20-13-4-3-9(19)5-11(13)17/h3-6,8,20,23H,7H2,1-2H3,(H,21,24). The van der Waals surface area contributed by atoms with Crippen LogP contribution in [-0.4, -0.2) is 28.3 Å². The van der Waals surface area contributed by atoms with Crippen LogP contribution in [0.1, 0.15) is 17.3 Å². The number of aliphatic hydroxyl groups excluding tert-OH is 1. The molecule has 0 spiro atoms. The SMILES string of the molecule is CC(O)CONC(=O)c1cc(F)c(=O)n(C)c1Nc1ccc(I)cc1F. The second kappa shape index (κ2) is 8.56. The highest BCUT2D eigenvalue weighted by atomic mass is 127. The number of hydrogen-bond acceptors (Lipinski definition) is 5. The molecular weight excluding hydrogens is 463 g/mol. The van der Waals surface area contributed by atoms with Crippen molar-refractivity contribution < 1.29 is 23.5 Å². The molecule has 0 bridgehead atoms. The third-order valence-corrected chi connectivity index (χ3v) is 3.96. The molecule has 0 aliphatic rings. The molecule has 26 heavy (non-hydrogen) atoms. The lowest BCUT2D eigenvalue weighted by Crippen LogP contribution is -2.31. The first kappa shape index (κ1) is 20.3. The highest BCUT2D eigenvalue weighted by molar-refractivity contribution is 14.1. The molecule has 1 aromatic heterocycles. The summed E-state index contributed by atoms with van der Waals surface area (Å²) in [5, 5.41) is 11.8. The molecule has 1 aromatic carbocycles. The Labute approximate surface area is 161 Å². The minimum atomic E-state index is -1.15. The van der Waals surface area contributed by atoms with E-state index in [-0.39, 0.29) is 23.7 Å². The molecule has 0 fully saturated rings. The Balaban J connectivity index is 2.41. The smallest absolute Gasteiger partial charge is 0.287 e. The Morgan fingerprint density at radius 1 is 1.35 bits per heavy atom. The molecule has 1 atom stereocenters. The molecule has 0 radical (unpaired) electrons. The molecule has 140 valence electrons. The maximum atomic E-state index is 14.1. The third-order valence-electron chi connectivity index (χ3n) is 3.29. The summed E-state index contributed by atoms with van der Waals surface area (Å²) in [5.41, 5.74) is 0.787. The Morgan fingerprint density at radius 2 is 2.04 bits per heavy atom. The first-order valence-corrected chi connectivity index (χ1v) is 8.50. The van der Waals surface area contributed by atoms with Crippen LogP contribution in [0.2, 0.25) is 0 Å². The average molecular weight is 479 g/mol. The van der Waals surface area contributed by atoms with E-state index in [0.717, 1.165) is 10.6 Å². The van der Waals surface area contributed by atoms with Gasteiger partial charge in [-0.2, -0.15) is 0 Å². The number of pyridine rings is 1. The molecule has 0 aliphatic heterocycles. The zero-order chi connectivity index (χ0) is 19.4. The van der Waals surface area contributed by atoms with Gasteiger partial charge in [0, 0.05) is 10.6 Å². The van der Waals surface area contributed by atoms with Crippen molar-refractivity contribution in [1.29, 1.82) is 0 Å². The normalized spacial score (nSPS) is 11.9. The molecule has 3 N–H and O–H groups in total. The molecule has 0 saturated heterocycles. The summed E-state index contributed by atoms with van der Waals surface area (Å²) in [4.78, 5) is 28.9. The summed E-state index contributed by atoms with van der Waals surface area (Å²) in [6.07, 6.45) is -0.828. The van der Waals surface area contributed by atoms with Crippen molar-refractivity contribution in [3.63, 3.8) is 0 Å². The Kier molecular flexibility index (Phi) is 6.67. The van der Waals surface area contributed by atoms with Crippen molar-refractivity contribution in [2.75, 3.05) is 11.9 Å². The first-order chi connectivity index (χ1) is 12.2. The van der Waals surface area contributed by atoms with Gasteiger partial charge in [-0.15, -0.1) is 0 Å². The van der Waals surface area contributed by atoms with Gasteiger partial charge in [-0.1, -0.05) is 0 Å². The molecule has 1 amide bonds. The van der Waals surface area contributed by atoms with E-state index < -0.39 is 29.2 Å². The molecule has 0 saturated carbocycles. The van der Waals surface area contributed by atoms with Gasteiger partial charge in [0.2, 0.25) is 0 Å². The number of aliphatic hydroxyl groups is 1. The van der Waals surface area contributed by atoms with Gasteiger partial charge in [-0.3, -0.25) is 19.0 Å². The summed E-state index contributed by atoms with van der Waals surface area (Å²) in [6, 6.07) is 5.04. The molecule has 1 unspecified atom stereocenters. The minimum Gasteiger partial charge on any atom is -0.391 e. The molecule has 7 nitrogen and oxygen atoms in total. The fraction of sp³-hybridized carbons (Fsp3) is 0.250. The van der Waals surface area contributed by atoms with Crippen molar-refractivity contribution in [3.8, 4) is 0 Å². The highest BCUT2D eigenvalue weighted by Crippen LogP contribution is 2.24. The van der Waals surface area contributed by atoms with Crippen molar-refractivity contribution in [1.82, 2.24) is 10.0 Å². The summed E-state index contributed by atoms with van der Waals surface area (Å²) in [7, 11) is 1.24. The quantitative estimate of drug-likeness (QED) is 0.436. The van der Waals surface area contributed by atoms with E-state index in [1.807, 2.05) is 28.1 Å². The van der Waals surface area contributed by atoms with Crippen LogP contribution in [0, 0.1) is 15.2 Å². The molecule has 1 heterocycles. The zero-order valence-corrected chi connectivity index (χ0v) is 16.0. The van der Waals surface area contributed by atoms with Crippen LogP contribution < -0.4 is 16.4 Å². The maximum Gasteiger partial charge on any atom is 0.287 e.